The highest BCUT2D eigenvalue weighted by molar-refractivity contribution is 6.88. The maximum Gasteiger partial charge on any atom is 0.492 e. The topological polar surface area (TPSA) is 89.5 Å². The minimum Gasteiger partial charge on any atom is -0.437 e. The molecule has 0 aromatic carbocycles. The number of rotatable bonds is 14. The van der Waals surface area contributed by atoms with E-state index < -0.39 is 46.2 Å². The molecule has 176 valence electrons. The van der Waals surface area contributed by atoms with Crippen LogP contribution in [0.1, 0.15) is 33.1 Å². The van der Waals surface area contributed by atoms with Crippen LogP contribution >= 0.6 is 0 Å². The highest BCUT2D eigenvalue weighted by Gasteiger charge is 2.49. The molecule has 0 aromatic heterocycles. The van der Waals surface area contributed by atoms with E-state index in [0.717, 1.165) is 0 Å². The van der Waals surface area contributed by atoms with Gasteiger partial charge in [0.05, 0.1) is 12.3 Å². The lowest BCUT2D eigenvalue weighted by Gasteiger charge is -2.41. The van der Waals surface area contributed by atoms with Crippen molar-refractivity contribution in [2.24, 2.45) is 5.92 Å². The third-order valence-corrected chi connectivity index (χ3v) is 18.2. The van der Waals surface area contributed by atoms with Gasteiger partial charge in [0.2, 0.25) is 0 Å². The Bertz CT molecular complexity index is 585. The number of carbonyl (C=O) groups excluding carboxylic acids is 2. The van der Waals surface area contributed by atoms with Crippen LogP contribution in [-0.4, -0.2) is 59.4 Å². The van der Waals surface area contributed by atoms with Crippen molar-refractivity contribution in [1.82, 2.24) is 0 Å². The molecule has 0 bridgehead atoms. The molecule has 1 saturated heterocycles. The molecule has 1 rings (SSSR count). The third-order valence-electron chi connectivity index (χ3n) is 4.17. The van der Waals surface area contributed by atoms with Crippen molar-refractivity contribution in [2.75, 3.05) is 13.2 Å². The third kappa shape index (κ3) is 9.95. The molecule has 12 heteroatoms. The normalized spacial score (nSPS) is 18.8. The first-order valence-corrected chi connectivity index (χ1v) is 21.7. The summed E-state index contributed by atoms with van der Waals surface area (Å²) in [4.78, 5) is 23.1. The minimum atomic E-state index is -3.02. The summed E-state index contributed by atoms with van der Waals surface area (Å²) in [7, 11) is -9.78. The zero-order chi connectivity index (χ0) is 23.2. The van der Waals surface area contributed by atoms with Gasteiger partial charge in [-0.3, -0.25) is 9.59 Å². The summed E-state index contributed by atoms with van der Waals surface area (Å²) in [6, 6.07) is 0.559. The lowest BCUT2D eigenvalue weighted by atomic mass is 10.0. The molecule has 1 fully saturated rings. The van der Waals surface area contributed by atoms with Crippen molar-refractivity contribution in [3.8, 4) is 0 Å². The van der Waals surface area contributed by atoms with Gasteiger partial charge in [0.1, 0.15) is 0 Å². The molecule has 0 amide bonds. The van der Waals surface area contributed by atoms with Crippen molar-refractivity contribution in [3.05, 3.63) is 0 Å². The average molecular weight is 497 g/mol. The second kappa shape index (κ2) is 11.1. The van der Waals surface area contributed by atoms with Gasteiger partial charge in [-0.15, -0.1) is 0 Å². The number of ether oxygens (including phenoxy) is 1. The molecule has 1 aliphatic heterocycles. The Morgan fingerprint density at radius 3 is 1.83 bits per heavy atom. The maximum atomic E-state index is 11.7. The van der Waals surface area contributed by atoms with Crippen LogP contribution in [-0.2, 0) is 35.5 Å². The lowest BCUT2D eigenvalue weighted by molar-refractivity contribution is -0.153. The van der Waals surface area contributed by atoms with Crippen LogP contribution in [0, 0.1) is 5.92 Å². The molecule has 0 aliphatic carbocycles. The van der Waals surface area contributed by atoms with Crippen molar-refractivity contribution in [3.63, 3.8) is 0 Å². The Kier molecular flexibility index (Phi) is 10.3. The van der Waals surface area contributed by atoms with Gasteiger partial charge in [-0.05, 0) is 72.5 Å². The van der Waals surface area contributed by atoms with Crippen LogP contribution in [0.25, 0.3) is 0 Å². The second-order valence-corrected chi connectivity index (χ2v) is 24.1. The Labute approximate surface area is 185 Å². The van der Waals surface area contributed by atoms with Gasteiger partial charge < -0.3 is 25.9 Å². The van der Waals surface area contributed by atoms with Gasteiger partial charge in [-0.2, -0.15) is 0 Å². The molecule has 8 nitrogen and oxygen atoms in total. The first-order valence-electron chi connectivity index (χ1n) is 10.8. The molecule has 0 N–H and O–H groups in total. The monoisotopic (exact) mass is 496 g/mol. The fraction of sp³-hybridized carbons (Fsp3) is 0.889. The van der Waals surface area contributed by atoms with Crippen molar-refractivity contribution in [2.45, 2.75) is 85.0 Å². The summed E-state index contributed by atoms with van der Waals surface area (Å²) in [5.41, 5.74) is 0. The predicted octanol–water partition coefficient (Wildman–Crippen LogP) is 4.16. The van der Waals surface area contributed by atoms with Crippen molar-refractivity contribution in [1.29, 1.82) is 0 Å². The van der Waals surface area contributed by atoms with E-state index >= 15 is 0 Å². The van der Waals surface area contributed by atoms with Crippen LogP contribution in [0.15, 0.2) is 0 Å². The molecule has 1 unspecified atom stereocenters. The van der Waals surface area contributed by atoms with Crippen LogP contribution in [0.2, 0.25) is 51.9 Å². The number of cyclic esters (lactones) is 2. The van der Waals surface area contributed by atoms with E-state index in [1.54, 1.807) is 0 Å². The van der Waals surface area contributed by atoms with E-state index in [9.17, 15) is 9.59 Å². The summed E-state index contributed by atoms with van der Waals surface area (Å²) in [5.74, 6) is -1.27. The number of esters is 2. The molecular formula is C18H40O8Si4. The highest BCUT2D eigenvalue weighted by Crippen LogP contribution is 2.30. The van der Waals surface area contributed by atoms with E-state index in [1.807, 2.05) is 26.9 Å². The Morgan fingerprint density at radius 2 is 1.40 bits per heavy atom. The van der Waals surface area contributed by atoms with Crippen LogP contribution < -0.4 is 0 Å². The molecular weight excluding hydrogens is 457 g/mol. The molecule has 0 saturated carbocycles. The second-order valence-electron chi connectivity index (χ2n) is 9.35. The molecule has 30 heavy (non-hydrogen) atoms. The smallest absolute Gasteiger partial charge is 0.437 e. The minimum absolute atomic E-state index is 0.148. The number of hydrogen-bond donors (Lipinski definition) is 0. The average Bonchev–Trinajstić information content (AvgIpc) is 2.81. The maximum absolute atomic E-state index is 11.7. The summed E-state index contributed by atoms with van der Waals surface area (Å²) < 4.78 is 36.2. The van der Waals surface area contributed by atoms with Gasteiger partial charge in [-0.25, -0.2) is 0 Å². The Balaban J connectivity index is 2.86. The lowest BCUT2D eigenvalue weighted by Crippen LogP contribution is -2.59. The first kappa shape index (κ1) is 27.8. The molecule has 1 aliphatic rings. The molecule has 1 heterocycles. The van der Waals surface area contributed by atoms with Crippen LogP contribution in [0.5, 0.6) is 0 Å². The summed E-state index contributed by atoms with van der Waals surface area (Å²) in [6.07, 6.45) is 1.34. The number of hydrogen-bond acceptors (Lipinski definition) is 8. The van der Waals surface area contributed by atoms with Gasteiger partial charge in [0.15, 0.2) is 8.32 Å². The largest absolute Gasteiger partial charge is 0.492 e. The fourth-order valence-electron chi connectivity index (χ4n) is 3.79. The summed E-state index contributed by atoms with van der Waals surface area (Å²) >= 11 is 0. The quantitative estimate of drug-likeness (QED) is 0.201. The fourth-order valence-corrected chi connectivity index (χ4v) is 21.3. The van der Waals surface area contributed by atoms with Gasteiger partial charge in [0, 0.05) is 19.3 Å². The predicted molar refractivity (Wildman–Crippen MR) is 124 cm³/mol. The van der Waals surface area contributed by atoms with Gasteiger partial charge in [-0.1, -0.05) is 0 Å². The van der Waals surface area contributed by atoms with E-state index in [0.29, 0.717) is 32.1 Å². The van der Waals surface area contributed by atoms with E-state index in [1.165, 1.54) is 0 Å². The summed E-state index contributed by atoms with van der Waals surface area (Å²) in [6.45, 7) is 19.3. The Morgan fingerprint density at radius 1 is 0.867 bits per heavy atom. The van der Waals surface area contributed by atoms with Crippen LogP contribution in [0.4, 0.5) is 0 Å². The summed E-state index contributed by atoms with van der Waals surface area (Å²) in [5, 5.41) is 0. The molecule has 0 spiro atoms. The molecule has 0 radical (unpaired) electrons. The molecule has 0 aromatic rings. The SMILES string of the molecule is CCO[Si](CCCC1CC(=O)OC1=O)(OCC)O[Si](C)(C)O[Si](C)(C)O[Si](C)(C)C. The number of carbonyl (C=O) groups is 2. The van der Waals surface area contributed by atoms with Crippen molar-refractivity contribution >= 4 is 46.2 Å². The zero-order valence-electron chi connectivity index (χ0n) is 20.1. The van der Waals surface area contributed by atoms with Crippen molar-refractivity contribution < 1.29 is 35.5 Å². The zero-order valence-corrected chi connectivity index (χ0v) is 24.1. The van der Waals surface area contributed by atoms with E-state index in [4.69, 9.17) is 21.2 Å². The highest BCUT2D eigenvalue weighted by atomic mass is 28.5. The first-order chi connectivity index (χ1) is 13.6. The Hall–Kier alpha value is -0.192. The standard InChI is InChI=1S/C18H40O8Si4/c1-10-21-30(22-11-2,14-12-13-16-15-17(19)23-18(16)20)26-29(8,9)25-28(6,7)24-27(3,4)5/h16H,10-15H2,1-9H3. The van der Waals surface area contributed by atoms with E-state index in [2.05, 4.69) is 37.5 Å². The van der Waals surface area contributed by atoms with Gasteiger partial charge in [0.25, 0.3) is 0 Å². The molecule has 1 atom stereocenters. The van der Waals surface area contributed by atoms with E-state index in [-0.39, 0.29) is 12.3 Å². The van der Waals surface area contributed by atoms with Gasteiger partial charge >= 0.3 is 37.9 Å². The van der Waals surface area contributed by atoms with Crippen LogP contribution in [0.3, 0.4) is 0 Å².